The smallest absolute Gasteiger partial charge is 0.349 e. The molecule has 0 unspecified atom stereocenters. The summed E-state index contributed by atoms with van der Waals surface area (Å²) in [6.07, 6.45) is 2.59. The molecule has 6 nitrogen and oxygen atoms in total. The number of rotatable bonds is 4. The van der Waals surface area contributed by atoms with Gasteiger partial charge in [-0.15, -0.1) is 0 Å². The molecular weight excluding hydrogens is 414 g/mol. The van der Waals surface area contributed by atoms with Crippen molar-refractivity contribution in [3.63, 3.8) is 0 Å². The molecule has 0 saturated carbocycles. The van der Waals surface area contributed by atoms with Crippen LogP contribution in [-0.2, 0) is 0 Å². The Morgan fingerprint density at radius 2 is 1.84 bits per heavy atom. The lowest BCUT2D eigenvalue weighted by Gasteiger charge is -2.34. The average Bonchev–Trinajstić information content (AvgIpc) is 2.96. The molecule has 7 heteroatoms. The van der Waals surface area contributed by atoms with Crippen molar-refractivity contribution in [2.24, 2.45) is 5.41 Å². The zero-order valence-corrected chi connectivity index (χ0v) is 19.0. The molecule has 0 aliphatic heterocycles. The van der Waals surface area contributed by atoms with E-state index in [1.165, 1.54) is 0 Å². The van der Waals surface area contributed by atoms with Crippen molar-refractivity contribution in [3.8, 4) is 17.0 Å². The Labute approximate surface area is 185 Å². The van der Waals surface area contributed by atoms with Gasteiger partial charge < -0.3 is 14.8 Å². The molecule has 0 fully saturated rings. The fourth-order valence-corrected chi connectivity index (χ4v) is 4.51. The Bertz CT molecular complexity index is 1350. The molecule has 0 aliphatic rings. The summed E-state index contributed by atoms with van der Waals surface area (Å²) in [5.74, 6) is 0.419. The summed E-state index contributed by atoms with van der Waals surface area (Å²) in [4.78, 5) is 17.6. The lowest BCUT2D eigenvalue weighted by atomic mass is 9.82. The molecule has 0 spiro atoms. The van der Waals surface area contributed by atoms with E-state index in [0.29, 0.717) is 33.2 Å². The molecule has 2 N–H and O–H groups in total. The van der Waals surface area contributed by atoms with Crippen molar-refractivity contribution >= 4 is 34.0 Å². The molecular formula is C24H26ClN3O3. The first kappa shape index (κ1) is 21.2. The predicted octanol–water partition coefficient (Wildman–Crippen LogP) is 6.09. The molecule has 0 atom stereocenters. The monoisotopic (exact) mass is 439 g/mol. The predicted molar refractivity (Wildman–Crippen MR) is 125 cm³/mol. The molecule has 4 aromatic rings. The maximum absolute atomic E-state index is 12.9. The summed E-state index contributed by atoms with van der Waals surface area (Å²) in [6, 6.07) is 10.4. The van der Waals surface area contributed by atoms with Crippen LogP contribution >= 0.6 is 11.6 Å². The number of benzene rings is 1. The van der Waals surface area contributed by atoms with E-state index >= 15 is 0 Å². The van der Waals surface area contributed by atoms with Gasteiger partial charge in [0.25, 0.3) is 0 Å². The number of anilines is 1. The van der Waals surface area contributed by atoms with Gasteiger partial charge in [0, 0.05) is 11.7 Å². The minimum atomic E-state index is -0.651. The van der Waals surface area contributed by atoms with Gasteiger partial charge in [-0.1, -0.05) is 44.5 Å². The number of fused-ring (bicyclic) bond motifs is 2. The van der Waals surface area contributed by atoms with Gasteiger partial charge in [-0.2, -0.15) is 0 Å². The number of nitrogens with one attached hydrogen (secondary N) is 1. The summed E-state index contributed by atoms with van der Waals surface area (Å²) in [5.41, 5.74) is 0.344. The maximum atomic E-state index is 12.9. The molecule has 3 heterocycles. The molecule has 0 bridgehead atoms. The number of aromatic nitrogens is 2. The van der Waals surface area contributed by atoms with Crippen LogP contribution in [0.4, 0.5) is 5.82 Å². The van der Waals surface area contributed by atoms with Crippen LogP contribution in [0.2, 0.25) is 5.02 Å². The van der Waals surface area contributed by atoms with Crippen molar-refractivity contribution < 1.29 is 9.52 Å². The van der Waals surface area contributed by atoms with E-state index in [9.17, 15) is 9.90 Å². The van der Waals surface area contributed by atoms with Gasteiger partial charge in [0.2, 0.25) is 0 Å². The van der Waals surface area contributed by atoms with Crippen LogP contribution in [0.5, 0.6) is 5.75 Å². The van der Waals surface area contributed by atoms with Crippen molar-refractivity contribution in [2.45, 2.75) is 46.6 Å². The standard InChI is InChI=1S/C24H26ClN3O3/c1-23(2,3)13-24(4,5)27-21-19(26-17-11-10-14(25)12-28(17)21)18-20(29)15-8-6-7-9-16(15)31-22(18)30/h6-12,27,29H,13H2,1-5H3. The lowest BCUT2D eigenvalue weighted by molar-refractivity contribution is 0.302. The van der Waals surface area contributed by atoms with Gasteiger partial charge in [0.15, 0.2) is 0 Å². The molecule has 0 saturated heterocycles. The van der Waals surface area contributed by atoms with Crippen molar-refractivity contribution in [1.29, 1.82) is 0 Å². The van der Waals surface area contributed by atoms with Gasteiger partial charge in [-0.25, -0.2) is 9.78 Å². The average molecular weight is 440 g/mol. The van der Waals surface area contributed by atoms with Crippen LogP contribution in [0.15, 0.2) is 51.8 Å². The number of hydrogen-bond acceptors (Lipinski definition) is 5. The second kappa shape index (κ2) is 7.31. The highest BCUT2D eigenvalue weighted by molar-refractivity contribution is 6.30. The van der Waals surface area contributed by atoms with Gasteiger partial charge in [-0.3, -0.25) is 4.40 Å². The summed E-state index contributed by atoms with van der Waals surface area (Å²) < 4.78 is 7.30. The van der Waals surface area contributed by atoms with E-state index in [2.05, 4.69) is 44.9 Å². The number of hydrogen-bond donors (Lipinski definition) is 2. The highest BCUT2D eigenvalue weighted by atomic mass is 35.5. The van der Waals surface area contributed by atoms with Crippen molar-refractivity contribution in [3.05, 3.63) is 58.0 Å². The molecule has 0 radical (unpaired) electrons. The van der Waals surface area contributed by atoms with Crippen LogP contribution in [0, 0.1) is 5.41 Å². The van der Waals surface area contributed by atoms with Crippen LogP contribution in [0.25, 0.3) is 27.9 Å². The fourth-order valence-electron chi connectivity index (χ4n) is 4.35. The third-order valence-corrected chi connectivity index (χ3v) is 5.26. The van der Waals surface area contributed by atoms with Gasteiger partial charge in [0.05, 0.1) is 10.4 Å². The van der Waals surface area contributed by atoms with E-state index in [4.69, 9.17) is 16.0 Å². The molecule has 4 rings (SSSR count). The molecule has 3 aromatic heterocycles. The summed E-state index contributed by atoms with van der Waals surface area (Å²) >= 11 is 6.26. The second-order valence-electron chi connectivity index (χ2n) is 9.74. The lowest BCUT2D eigenvalue weighted by Crippen LogP contribution is -2.36. The number of imidazole rings is 1. The normalized spacial score (nSPS) is 12.6. The first-order chi connectivity index (χ1) is 14.5. The quantitative estimate of drug-likeness (QED) is 0.376. The minimum absolute atomic E-state index is 0.0209. The number of pyridine rings is 1. The third kappa shape index (κ3) is 4.12. The number of nitrogens with zero attached hydrogens (tertiary/aromatic N) is 2. The van der Waals surface area contributed by atoms with Crippen LogP contribution < -0.4 is 10.9 Å². The topological polar surface area (TPSA) is 79.8 Å². The number of halogens is 1. The SMILES string of the molecule is CC(C)(C)CC(C)(C)Nc1c(-c2c(O)c3ccccc3oc2=O)nc2ccc(Cl)cn12. The Hall–Kier alpha value is -2.99. The zero-order chi connectivity index (χ0) is 22.6. The third-order valence-electron chi connectivity index (χ3n) is 5.03. The summed E-state index contributed by atoms with van der Waals surface area (Å²) in [6.45, 7) is 10.7. The first-order valence-electron chi connectivity index (χ1n) is 10.2. The van der Waals surface area contributed by atoms with Gasteiger partial charge >= 0.3 is 5.63 Å². The van der Waals surface area contributed by atoms with Crippen LogP contribution in [0.1, 0.15) is 41.0 Å². The van der Waals surface area contributed by atoms with Crippen LogP contribution in [-0.4, -0.2) is 20.0 Å². The Morgan fingerprint density at radius 1 is 1.13 bits per heavy atom. The van der Waals surface area contributed by atoms with Gasteiger partial charge in [0.1, 0.15) is 34.1 Å². The largest absolute Gasteiger partial charge is 0.506 e. The highest BCUT2D eigenvalue weighted by Gasteiger charge is 2.30. The van der Waals surface area contributed by atoms with E-state index in [0.717, 1.165) is 6.42 Å². The molecule has 1 aromatic carbocycles. The van der Waals surface area contributed by atoms with Crippen molar-refractivity contribution in [2.75, 3.05) is 5.32 Å². The Balaban J connectivity index is 1.99. The van der Waals surface area contributed by atoms with E-state index in [1.807, 2.05) is 0 Å². The van der Waals surface area contributed by atoms with E-state index in [1.54, 1.807) is 47.0 Å². The van der Waals surface area contributed by atoms with Crippen LogP contribution in [0.3, 0.4) is 0 Å². The second-order valence-corrected chi connectivity index (χ2v) is 10.2. The van der Waals surface area contributed by atoms with Gasteiger partial charge in [-0.05, 0) is 49.9 Å². The molecule has 31 heavy (non-hydrogen) atoms. The van der Waals surface area contributed by atoms with E-state index in [-0.39, 0.29) is 22.3 Å². The maximum Gasteiger partial charge on any atom is 0.349 e. The Kier molecular flexibility index (Phi) is 5.01. The number of para-hydroxylation sites is 1. The minimum Gasteiger partial charge on any atom is -0.506 e. The highest BCUT2D eigenvalue weighted by Crippen LogP contribution is 2.39. The molecule has 0 amide bonds. The molecule has 162 valence electrons. The summed E-state index contributed by atoms with van der Waals surface area (Å²) in [5, 5.41) is 15.5. The number of aromatic hydroxyl groups is 1. The van der Waals surface area contributed by atoms with E-state index < -0.39 is 5.63 Å². The van der Waals surface area contributed by atoms with Crippen molar-refractivity contribution in [1.82, 2.24) is 9.38 Å². The zero-order valence-electron chi connectivity index (χ0n) is 18.3. The first-order valence-corrected chi connectivity index (χ1v) is 10.5. The Morgan fingerprint density at radius 3 is 2.55 bits per heavy atom. The summed E-state index contributed by atoms with van der Waals surface area (Å²) in [7, 11) is 0. The molecule has 0 aliphatic carbocycles. The fraction of sp³-hybridized carbons (Fsp3) is 0.333.